The molecule has 0 unspecified atom stereocenters. The summed E-state index contributed by atoms with van der Waals surface area (Å²) in [5.41, 5.74) is 7.31. The van der Waals surface area contributed by atoms with Gasteiger partial charge in [0.05, 0.1) is 16.4 Å². The molecule has 20 heavy (non-hydrogen) atoms. The minimum atomic E-state index is -0.584. The second-order valence-electron chi connectivity index (χ2n) is 4.30. The van der Waals surface area contributed by atoms with E-state index >= 15 is 0 Å². The Morgan fingerprint density at radius 1 is 1.15 bits per heavy atom. The highest BCUT2D eigenvalue weighted by atomic mass is 35.5. The van der Waals surface area contributed by atoms with Crippen molar-refractivity contribution in [3.05, 3.63) is 52.8 Å². The molecule has 0 aromatic heterocycles. The number of halogens is 2. The van der Waals surface area contributed by atoms with E-state index in [1.54, 1.807) is 25.1 Å². The van der Waals surface area contributed by atoms with Crippen molar-refractivity contribution in [1.82, 2.24) is 0 Å². The average Bonchev–Trinajstić information content (AvgIpc) is 2.36. The van der Waals surface area contributed by atoms with Crippen molar-refractivity contribution >= 4 is 34.7 Å². The molecule has 0 heterocycles. The molecule has 4 N–H and O–H groups in total. The maximum absolute atomic E-state index is 13.6. The minimum Gasteiger partial charge on any atom is -0.399 e. The summed E-state index contributed by atoms with van der Waals surface area (Å²) in [5.74, 6) is -0.497. The summed E-state index contributed by atoms with van der Waals surface area (Å²) in [7, 11) is 0. The predicted molar refractivity (Wildman–Crippen MR) is 79.6 cm³/mol. The van der Waals surface area contributed by atoms with Crippen LogP contribution >= 0.6 is 11.6 Å². The molecule has 0 aliphatic heterocycles. The fraction of sp³-hybridized carbons (Fsp3) is 0.0714. The van der Waals surface area contributed by atoms with Gasteiger partial charge in [-0.05, 0) is 42.8 Å². The van der Waals surface area contributed by atoms with Crippen molar-refractivity contribution in [2.45, 2.75) is 6.92 Å². The molecule has 0 spiro atoms. The van der Waals surface area contributed by atoms with Crippen molar-refractivity contribution in [3.8, 4) is 0 Å². The first-order valence-corrected chi connectivity index (χ1v) is 6.22. The van der Waals surface area contributed by atoms with E-state index in [0.717, 1.165) is 5.56 Å². The highest BCUT2D eigenvalue weighted by Gasteiger charge is 2.09. The summed E-state index contributed by atoms with van der Waals surface area (Å²) in [5, 5.41) is 5.25. The number of urea groups is 1. The molecule has 0 saturated carbocycles. The van der Waals surface area contributed by atoms with E-state index in [1.807, 2.05) is 0 Å². The van der Waals surface area contributed by atoms with Gasteiger partial charge in [-0.3, -0.25) is 0 Å². The number of carbonyl (C=O) groups excluding carboxylic acids is 1. The minimum absolute atomic E-state index is 0.0969. The number of amides is 2. The van der Waals surface area contributed by atoms with Crippen molar-refractivity contribution in [2.24, 2.45) is 0 Å². The molecule has 2 rings (SSSR count). The third-order valence-electron chi connectivity index (χ3n) is 2.61. The zero-order valence-electron chi connectivity index (χ0n) is 10.7. The zero-order chi connectivity index (χ0) is 14.7. The maximum atomic E-state index is 13.6. The fourth-order valence-corrected chi connectivity index (χ4v) is 1.87. The Balaban J connectivity index is 2.09. The van der Waals surface area contributed by atoms with Gasteiger partial charge in [0.1, 0.15) is 5.82 Å². The largest absolute Gasteiger partial charge is 0.399 e. The number of carbonyl (C=O) groups is 1. The van der Waals surface area contributed by atoms with Crippen LogP contribution in [-0.2, 0) is 0 Å². The van der Waals surface area contributed by atoms with Crippen molar-refractivity contribution < 1.29 is 9.18 Å². The first-order valence-electron chi connectivity index (χ1n) is 5.85. The lowest BCUT2D eigenvalue weighted by atomic mass is 10.2. The van der Waals surface area contributed by atoms with Gasteiger partial charge >= 0.3 is 6.03 Å². The van der Waals surface area contributed by atoms with E-state index < -0.39 is 11.8 Å². The van der Waals surface area contributed by atoms with E-state index in [2.05, 4.69) is 10.6 Å². The van der Waals surface area contributed by atoms with Crippen molar-refractivity contribution in [3.63, 3.8) is 0 Å². The highest BCUT2D eigenvalue weighted by Crippen LogP contribution is 2.24. The monoisotopic (exact) mass is 293 g/mol. The topological polar surface area (TPSA) is 67.2 Å². The molecule has 2 aromatic carbocycles. The quantitative estimate of drug-likeness (QED) is 0.732. The van der Waals surface area contributed by atoms with E-state index in [1.165, 1.54) is 18.2 Å². The van der Waals surface area contributed by atoms with Crippen LogP contribution in [0.25, 0.3) is 0 Å². The fourth-order valence-electron chi connectivity index (χ4n) is 1.63. The number of anilines is 3. The number of nitrogens with two attached hydrogens (primary N) is 1. The van der Waals surface area contributed by atoms with Gasteiger partial charge in [-0.2, -0.15) is 0 Å². The third-order valence-corrected chi connectivity index (χ3v) is 2.93. The van der Waals surface area contributed by atoms with Crippen LogP contribution in [-0.4, -0.2) is 6.03 Å². The number of nitrogen functional groups attached to an aromatic ring is 1. The SMILES string of the molecule is Cc1ccc(NC(=O)Nc2ccc(N)cc2Cl)c(F)c1. The molecule has 104 valence electrons. The molecule has 0 aliphatic rings. The Kier molecular flexibility index (Phi) is 4.10. The van der Waals surface area contributed by atoms with E-state index in [0.29, 0.717) is 16.4 Å². The van der Waals surface area contributed by atoms with Crippen LogP contribution in [0.2, 0.25) is 5.02 Å². The smallest absolute Gasteiger partial charge is 0.323 e. The second kappa shape index (κ2) is 5.79. The molecule has 6 heteroatoms. The lowest BCUT2D eigenvalue weighted by molar-refractivity contribution is 0.262. The summed E-state index contributed by atoms with van der Waals surface area (Å²) in [4.78, 5) is 11.8. The number of hydrogen-bond donors (Lipinski definition) is 3. The first-order chi connectivity index (χ1) is 9.45. The van der Waals surface area contributed by atoms with Crippen LogP contribution in [0.5, 0.6) is 0 Å². The average molecular weight is 294 g/mol. The van der Waals surface area contributed by atoms with Gasteiger partial charge in [-0.25, -0.2) is 9.18 Å². The van der Waals surface area contributed by atoms with Crippen molar-refractivity contribution in [1.29, 1.82) is 0 Å². The first kappa shape index (κ1) is 14.1. The Morgan fingerprint density at radius 2 is 1.80 bits per heavy atom. The molecule has 0 bridgehead atoms. The molecule has 0 saturated heterocycles. The maximum Gasteiger partial charge on any atom is 0.323 e. The summed E-state index contributed by atoms with van der Waals surface area (Å²) in [6.45, 7) is 1.76. The zero-order valence-corrected chi connectivity index (χ0v) is 11.5. The van der Waals surface area contributed by atoms with Crippen LogP contribution in [0.1, 0.15) is 5.56 Å². The molecule has 0 atom stereocenters. The van der Waals surface area contributed by atoms with E-state index in [4.69, 9.17) is 17.3 Å². The van der Waals surface area contributed by atoms with Gasteiger partial charge in [-0.1, -0.05) is 17.7 Å². The standard InChI is InChI=1S/C14H13ClFN3O/c1-8-2-4-13(11(16)6-8)19-14(20)18-12-5-3-9(17)7-10(12)15/h2-7H,17H2,1H3,(H2,18,19,20). The Hall–Kier alpha value is -2.27. The molecular weight excluding hydrogens is 281 g/mol. The van der Waals surface area contributed by atoms with Gasteiger partial charge in [0.2, 0.25) is 0 Å². The molecule has 4 nitrogen and oxygen atoms in total. The lowest BCUT2D eigenvalue weighted by Crippen LogP contribution is -2.20. The third kappa shape index (κ3) is 3.39. The Morgan fingerprint density at radius 3 is 2.45 bits per heavy atom. The van der Waals surface area contributed by atoms with Crippen LogP contribution in [0, 0.1) is 12.7 Å². The predicted octanol–water partition coefficient (Wildman–Crippen LogP) is 4.01. The molecule has 0 radical (unpaired) electrons. The van der Waals surface area contributed by atoms with Crippen molar-refractivity contribution in [2.75, 3.05) is 16.4 Å². The van der Waals surface area contributed by atoms with E-state index in [-0.39, 0.29) is 5.69 Å². The second-order valence-corrected chi connectivity index (χ2v) is 4.71. The number of aryl methyl sites for hydroxylation is 1. The van der Waals surface area contributed by atoms with Gasteiger partial charge in [0.25, 0.3) is 0 Å². The van der Waals surface area contributed by atoms with Gasteiger partial charge in [0.15, 0.2) is 0 Å². The van der Waals surface area contributed by atoms with Gasteiger partial charge in [-0.15, -0.1) is 0 Å². The van der Waals surface area contributed by atoms with E-state index in [9.17, 15) is 9.18 Å². The summed E-state index contributed by atoms with van der Waals surface area (Å²) < 4.78 is 13.6. The Bertz CT molecular complexity index is 605. The highest BCUT2D eigenvalue weighted by molar-refractivity contribution is 6.34. The summed E-state index contributed by atoms with van der Waals surface area (Å²) >= 11 is 5.93. The molecular formula is C14H13ClFN3O. The Labute approximate surface area is 120 Å². The van der Waals surface area contributed by atoms with Crippen LogP contribution in [0.4, 0.5) is 26.2 Å². The van der Waals surface area contributed by atoms with Gasteiger partial charge < -0.3 is 16.4 Å². The van der Waals surface area contributed by atoms with Crippen LogP contribution in [0.15, 0.2) is 36.4 Å². The van der Waals surface area contributed by atoms with Crippen LogP contribution < -0.4 is 16.4 Å². The number of hydrogen-bond acceptors (Lipinski definition) is 2. The summed E-state index contributed by atoms with van der Waals surface area (Å²) in [6, 6.07) is 8.65. The lowest BCUT2D eigenvalue weighted by Gasteiger charge is -2.10. The summed E-state index contributed by atoms with van der Waals surface area (Å²) in [6.07, 6.45) is 0. The molecule has 0 aliphatic carbocycles. The number of rotatable bonds is 2. The number of nitrogens with one attached hydrogen (secondary N) is 2. The molecule has 0 fully saturated rings. The van der Waals surface area contributed by atoms with Gasteiger partial charge in [0, 0.05) is 5.69 Å². The number of benzene rings is 2. The molecule has 2 amide bonds. The normalized spacial score (nSPS) is 10.2. The van der Waals surface area contributed by atoms with Crippen LogP contribution in [0.3, 0.4) is 0 Å². The molecule has 2 aromatic rings.